The largest absolute Gasteiger partial charge is 0.303 e. The minimum absolute atomic E-state index is 0.726. The number of hydrogen-bond acceptors (Lipinski definition) is 1. The lowest BCUT2D eigenvalue weighted by Gasteiger charge is -1.93. The number of unbranched alkanes of at least 4 members (excludes halogenated alkanes) is 7. The zero-order valence-electron chi connectivity index (χ0n) is 11.4. The summed E-state index contributed by atoms with van der Waals surface area (Å²) >= 11 is 0. The monoisotopic (exact) mass is 236 g/mol. The molecule has 0 bridgehead atoms. The van der Waals surface area contributed by atoms with E-state index >= 15 is 0 Å². The molecule has 0 atom stereocenters. The first kappa shape index (κ1) is 16.1. The first-order valence-electron chi connectivity index (χ1n) is 7.15. The smallest absolute Gasteiger partial charge is 0.119 e. The van der Waals surface area contributed by atoms with Crippen molar-refractivity contribution in [1.29, 1.82) is 0 Å². The predicted octanol–water partition coefficient (Wildman–Crippen LogP) is 5.22. The average Bonchev–Trinajstić information content (AvgIpc) is 2.35. The molecule has 0 saturated heterocycles. The van der Waals surface area contributed by atoms with E-state index in [9.17, 15) is 4.79 Å². The van der Waals surface area contributed by atoms with Crippen LogP contribution in [-0.4, -0.2) is 6.29 Å². The van der Waals surface area contributed by atoms with Crippen LogP contribution in [0.25, 0.3) is 0 Å². The molecule has 0 aliphatic rings. The molecule has 0 fully saturated rings. The van der Waals surface area contributed by atoms with Crippen LogP contribution in [0.15, 0.2) is 24.3 Å². The van der Waals surface area contributed by atoms with E-state index in [-0.39, 0.29) is 0 Å². The zero-order chi connectivity index (χ0) is 12.6. The van der Waals surface area contributed by atoms with Gasteiger partial charge in [-0.1, -0.05) is 50.5 Å². The maximum Gasteiger partial charge on any atom is 0.119 e. The number of carbonyl (C=O) groups excluding carboxylic acids is 1. The van der Waals surface area contributed by atoms with Crippen molar-refractivity contribution in [2.75, 3.05) is 0 Å². The SMILES string of the molecule is CCCCCC=CCC=CCCCCCC=O. The molecule has 0 aromatic heterocycles. The van der Waals surface area contributed by atoms with Crippen LogP contribution >= 0.6 is 0 Å². The van der Waals surface area contributed by atoms with E-state index in [4.69, 9.17) is 0 Å². The van der Waals surface area contributed by atoms with Gasteiger partial charge in [0.2, 0.25) is 0 Å². The van der Waals surface area contributed by atoms with Gasteiger partial charge in [-0.05, 0) is 38.5 Å². The fourth-order valence-electron chi connectivity index (χ4n) is 1.69. The van der Waals surface area contributed by atoms with Gasteiger partial charge in [-0.25, -0.2) is 0 Å². The summed E-state index contributed by atoms with van der Waals surface area (Å²) in [7, 11) is 0. The van der Waals surface area contributed by atoms with E-state index < -0.39 is 0 Å². The Hall–Kier alpha value is -0.850. The van der Waals surface area contributed by atoms with Crippen LogP contribution in [0.5, 0.6) is 0 Å². The van der Waals surface area contributed by atoms with Gasteiger partial charge >= 0.3 is 0 Å². The van der Waals surface area contributed by atoms with Crippen LogP contribution in [0.4, 0.5) is 0 Å². The molecule has 0 saturated carbocycles. The average molecular weight is 236 g/mol. The minimum Gasteiger partial charge on any atom is -0.303 e. The molecule has 0 N–H and O–H groups in total. The Morgan fingerprint density at radius 3 is 1.88 bits per heavy atom. The third-order valence-electron chi connectivity index (χ3n) is 2.77. The van der Waals surface area contributed by atoms with Gasteiger partial charge in [-0.2, -0.15) is 0 Å². The molecule has 0 rings (SSSR count). The van der Waals surface area contributed by atoms with E-state index in [1.54, 1.807) is 0 Å². The third kappa shape index (κ3) is 15.1. The van der Waals surface area contributed by atoms with Crippen LogP contribution in [-0.2, 0) is 4.79 Å². The Labute approximate surface area is 107 Å². The second-order valence-corrected chi connectivity index (χ2v) is 4.48. The van der Waals surface area contributed by atoms with Crippen molar-refractivity contribution in [1.82, 2.24) is 0 Å². The molecule has 0 unspecified atom stereocenters. The van der Waals surface area contributed by atoms with Gasteiger partial charge in [0, 0.05) is 6.42 Å². The maximum atomic E-state index is 10.1. The summed E-state index contributed by atoms with van der Waals surface area (Å²) in [4.78, 5) is 10.1. The molecule has 1 heteroatoms. The molecule has 0 aromatic rings. The van der Waals surface area contributed by atoms with Crippen molar-refractivity contribution < 1.29 is 4.79 Å². The third-order valence-corrected chi connectivity index (χ3v) is 2.77. The van der Waals surface area contributed by atoms with Crippen molar-refractivity contribution in [3.8, 4) is 0 Å². The molecule has 17 heavy (non-hydrogen) atoms. The first-order valence-corrected chi connectivity index (χ1v) is 7.15. The topological polar surface area (TPSA) is 17.1 Å². The molecule has 0 aromatic carbocycles. The first-order chi connectivity index (χ1) is 8.41. The lowest BCUT2D eigenvalue weighted by molar-refractivity contribution is -0.107. The summed E-state index contributed by atoms with van der Waals surface area (Å²) in [5.41, 5.74) is 0. The second-order valence-electron chi connectivity index (χ2n) is 4.48. The fourth-order valence-corrected chi connectivity index (χ4v) is 1.69. The van der Waals surface area contributed by atoms with Gasteiger partial charge in [0.05, 0.1) is 0 Å². The van der Waals surface area contributed by atoms with E-state index in [2.05, 4.69) is 31.2 Å². The van der Waals surface area contributed by atoms with Crippen LogP contribution in [0.1, 0.15) is 71.1 Å². The molecular formula is C16H28O. The Balaban J connectivity index is 3.16. The van der Waals surface area contributed by atoms with Gasteiger partial charge in [0.1, 0.15) is 6.29 Å². The van der Waals surface area contributed by atoms with Gasteiger partial charge in [0.15, 0.2) is 0 Å². The summed E-state index contributed by atoms with van der Waals surface area (Å²) in [6.45, 7) is 2.24. The van der Waals surface area contributed by atoms with E-state index in [0.29, 0.717) is 0 Å². The summed E-state index contributed by atoms with van der Waals surface area (Å²) < 4.78 is 0. The standard InChI is InChI=1S/C16H28O/c1-2-3-4-5-6-7-8-9-10-11-12-13-14-15-16-17/h6-7,9-10,16H,2-5,8,11-15H2,1H3. The second kappa shape index (κ2) is 15.1. The number of rotatable bonds is 12. The molecular weight excluding hydrogens is 208 g/mol. The molecule has 0 aliphatic carbocycles. The summed E-state index contributed by atoms with van der Waals surface area (Å²) in [5, 5.41) is 0. The number of allylic oxidation sites excluding steroid dienone is 4. The summed E-state index contributed by atoms with van der Waals surface area (Å²) in [5.74, 6) is 0. The number of carbonyl (C=O) groups is 1. The zero-order valence-corrected chi connectivity index (χ0v) is 11.4. The van der Waals surface area contributed by atoms with Crippen LogP contribution < -0.4 is 0 Å². The molecule has 98 valence electrons. The highest BCUT2D eigenvalue weighted by Crippen LogP contribution is 2.03. The van der Waals surface area contributed by atoms with Crippen LogP contribution in [0, 0.1) is 0 Å². The van der Waals surface area contributed by atoms with Crippen molar-refractivity contribution in [2.45, 2.75) is 71.1 Å². The molecule has 0 amide bonds. The summed E-state index contributed by atoms with van der Waals surface area (Å²) in [6, 6.07) is 0. The quantitative estimate of drug-likeness (QED) is 0.258. The van der Waals surface area contributed by atoms with Gasteiger partial charge in [0.25, 0.3) is 0 Å². The lowest BCUT2D eigenvalue weighted by Crippen LogP contribution is -1.77. The lowest BCUT2D eigenvalue weighted by atomic mass is 10.1. The van der Waals surface area contributed by atoms with Gasteiger partial charge in [-0.3, -0.25) is 0 Å². The number of aldehydes is 1. The Morgan fingerprint density at radius 2 is 1.29 bits per heavy atom. The molecule has 1 nitrogen and oxygen atoms in total. The maximum absolute atomic E-state index is 10.1. The van der Waals surface area contributed by atoms with Crippen molar-refractivity contribution >= 4 is 6.29 Å². The van der Waals surface area contributed by atoms with Crippen LogP contribution in [0.2, 0.25) is 0 Å². The van der Waals surface area contributed by atoms with E-state index in [1.165, 1.54) is 38.5 Å². The number of hydrogen-bond donors (Lipinski definition) is 0. The Kier molecular flexibility index (Phi) is 14.4. The van der Waals surface area contributed by atoms with Gasteiger partial charge in [-0.15, -0.1) is 0 Å². The van der Waals surface area contributed by atoms with Crippen LogP contribution in [0.3, 0.4) is 0 Å². The highest BCUT2D eigenvalue weighted by atomic mass is 16.1. The van der Waals surface area contributed by atoms with Crippen molar-refractivity contribution in [3.05, 3.63) is 24.3 Å². The fraction of sp³-hybridized carbons (Fsp3) is 0.688. The predicted molar refractivity (Wildman–Crippen MR) is 76.2 cm³/mol. The minimum atomic E-state index is 0.726. The summed E-state index contributed by atoms with van der Waals surface area (Å²) in [6.07, 6.45) is 21.7. The molecule has 0 spiro atoms. The normalized spacial score (nSPS) is 11.6. The van der Waals surface area contributed by atoms with E-state index in [0.717, 1.165) is 32.0 Å². The highest BCUT2D eigenvalue weighted by Gasteiger charge is 1.86. The molecule has 0 aliphatic heterocycles. The Bertz CT molecular complexity index is 204. The molecule has 0 radical (unpaired) electrons. The van der Waals surface area contributed by atoms with Gasteiger partial charge < -0.3 is 4.79 Å². The molecule has 0 heterocycles. The Morgan fingerprint density at radius 1 is 0.706 bits per heavy atom. The highest BCUT2D eigenvalue weighted by molar-refractivity contribution is 5.48. The van der Waals surface area contributed by atoms with E-state index in [1.807, 2.05) is 0 Å². The van der Waals surface area contributed by atoms with Crippen molar-refractivity contribution in [3.63, 3.8) is 0 Å². The van der Waals surface area contributed by atoms with Crippen molar-refractivity contribution in [2.24, 2.45) is 0 Å².